The highest BCUT2D eigenvalue weighted by Crippen LogP contribution is 2.23. The monoisotopic (exact) mass is 242 g/mol. The number of aromatic amines is 1. The molecular weight excluding hydrogens is 224 g/mol. The van der Waals surface area contributed by atoms with Gasteiger partial charge in [0.05, 0.1) is 5.69 Å². The highest BCUT2D eigenvalue weighted by Gasteiger charge is 2.09. The molecule has 18 heavy (non-hydrogen) atoms. The molecule has 1 heterocycles. The molecule has 2 rings (SSSR count). The van der Waals surface area contributed by atoms with Gasteiger partial charge in [0.15, 0.2) is 0 Å². The lowest BCUT2D eigenvalue weighted by molar-refractivity contribution is 0.866. The molecule has 0 amide bonds. The number of benzene rings is 1. The highest BCUT2D eigenvalue weighted by molar-refractivity contribution is 5.63. The summed E-state index contributed by atoms with van der Waals surface area (Å²) in [5, 5.41) is 6.69. The van der Waals surface area contributed by atoms with Crippen molar-refractivity contribution in [2.45, 2.75) is 33.6 Å². The Bertz CT molecular complexity index is 609. The summed E-state index contributed by atoms with van der Waals surface area (Å²) < 4.78 is 0. The van der Waals surface area contributed by atoms with Crippen molar-refractivity contribution in [3.8, 4) is 11.3 Å². The Balaban J connectivity index is 2.49. The first kappa shape index (κ1) is 12.6. The van der Waals surface area contributed by atoms with E-state index < -0.39 is 0 Å². The molecule has 0 saturated heterocycles. The summed E-state index contributed by atoms with van der Waals surface area (Å²) in [5.41, 5.74) is 4.75. The average molecular weight is 242 g/mol. The lowest BCUT2D eigenvalue weighted by Crippen LogP contribution is -2.14. The molecule has 1 N–H and O–H groups in total. The van der Waals surface area contributed by atoms with Gasteiger partial charge >= 0.3 is 0 Å². The van der Waals surface area contributed by atoms with E-state index in [1.54, 1.807) is 0 Å². The molecule has 0 atom stereocenters. The van der Waals surface area contributed by atoms with Crippen molar-refractivity contribution >= 4 is 0 Å². The van der Waals surface area contributed by atoms with E-state index >= 15 is 0 Å². The van der Waals surface area contributed by atoms with Crippen molar-refractivity contribution in [3.05, 3.63) is 51.3 Å². The molecule has 3 heteroatoms. The number of nitrogens with one attached hydrogen (secondary N) is 1. The Hall–Kier alpha value is -1.90. The third-order valence-corrected chi connectivity index (χ3v) is 3.38. The molecule has 0 aliphatic carbocycles. The van der Waals surface area contributed by atoms with E-state index in [1.807, 2.05) is 13.8 Å². The fourth-order valence-corrected chi connectivity index (χ4v) is 1.93. The topological polar surface area (TPSA) is 45.8 Å². The predicted molar refractivity (Wildman–Crippen MR) is 73.9 cm³/mol. The molecule has 0 saturated carbocycles. The minimum Gasteiger partial charge on any atom is -0.268 e. The van der Waals surface area contributed by atoms with Gasteiger partial charge in [-0.3, -0.25) is 4.79 Å². The standard InChI is InChI=1S/C15H18N2O/c1-9(2)12-5-7-13(8-6-12)14-10(3)11(4)15(18)17-16-14/h5-9H,1-4H3,(H,17,18). The van der Waals surface area contributed by atoms with Gasteiger partial charge in [0.25, 0.3) is 5.56 Å². The average Bonchev–Trinajstić information content (AvgIpc) is 2.36. The SMILES string of the molecule is Cc1c(-c2ccc(C(C)C)cc2)n[nH]c(=O)c1C. The fourth-order valence-electron chi connectivity index (χ4n) is 1.93. The molecular formula is C15H18N2O. The molecule has 0 aliphatic heterocycles. The zero-order valence-electron chi connectivity index (χ0n) is 11.2. The molecule has 0 aliphatic rings. The van der Waals surface area contributed by atoms with Crippen LogP contribution >= 0.6 is 0 Å². The van der Waals surface area contributed by atoms with Gasteiger partial charge in [-0.05, 0) is 30.9 Å². The lowest BCUT2D eigenvalue weighted by atomic mass is 9.99. The Labute approximate surface area is 107 Å². The minimum absolute atomic E-state index is 0.116. The van der Waals surface area contributed by atoms with E-state index in [4.69, 9.17) is 0 Å². The Kier molecular flexibility index (Phi) is 3.32. The summed E-state index contributed by atoms with van der Waals surface area (Å²) in [6.07, 6.45) is 0. The summed E-state index contributed by atoms with van der Waals surface area (Å²) in [6.45, 7) is 8.09. The van der Waals surface area contributed by atoms with Crippen molar-refractivity contribution in [2.75, 3.05) is 0 Å². The Morgan fingerprint density at radius 2 is 1.67 bits per heavy atom. The van der Waals surface area contributed by atoms with Crippen LogP contribution in [0, 0.1) is 13.8 Å². The van der Waals surface area contributed by atoms with Crippen LogP contribution in [0.15, 0.2) is 29.1 Å². The molecule has 2 aromatic rings. The van der Waals surface area contributed by atoms with E-state index in [0.717, 1.165) is 22.4 Å². The van der Waals surface area contributed by atoms with Gasteiger partial charge < -0.3 is 0 Å². The van der Waals surface area contributed by atoms with Crippen LogP contribution in [0.4, 0.5) is 0 Å². The molecule has 1 aromatic carbocycles. The van der Waals surface area contributed by atoms with Gasteiger partial charge in [-0.25, -0.2) is 5.10 Å². The first-order valence-corrected chi connectivity index (χ1v) is 6.17. The molecule has 0 fully saturated rings. The van der Waals surface area contributed by atoms with Gasteiger partial charge in [-0.2, -0.15) is 5.10 Å². The maximum absolute atomic E-state index is 11.4. The predicted octanol–water partition coefficient (Wildman–Crippen LogP) is 3.18. The van der Waals surface area contributed by atoms with Crippen LogP contribution < -0.4 is 5.56 Å². The molecule has 1 aromatic heterocycles. The smallest absolute Gasteiger partial charge is 0.267 e. The third kappa shape index (κ3) is 2.21. The maximum Gasteiger partial charge on any atom is 0.267 e. The van der Waals surface area contributed by atoms with Crippen LogP contribution in [0.3, 0.4) is 0 Å². The summed E-state index contributed by atoms with van der Waals surface area (Å²) in [7, 11) is 0. The van der Waals surface area contributed by atoms with Crippen LogP contribution in [0.5, 0.6) is 0 Å². The fraction of sp³-hybridized carbons (Fsp3) is 0.333. The van der Waals surface area contributed by atoms with E-state index in [2.05, 4.69) is 48.3 Å². The zero-order valence-corrected chi connectivity index (χ0v) is 11.2. The van der Waals surface area contributed by atoms with Gasteiger partial charge in [-0.15, -0.1) is 0 Å². The molecule has 0 bridgehead atoms. The summed E-state index contributed by atoms with van der Waals surface area (Å²) in [4.78, 5) is 11.4. The zero-order chi connectivity index (χ0) is 13.3. The van der Waals surface area contributed by atoms with E-state index in [1.165, 1.54) is 5.56 Å². The van der Waals surface area contributed by atoms with Crippen LogP contribution in [-0.2, 0) is 0 Å². The lowest BCUT2D eigenvalue weighted by Gasteiger charge is -2.09. The minimum atomic E-state index is -0.116. The molecule has 0 spiro atoms. The Morgan fingerprint density at radius 1 is 1.06 bits per heavy atom. The van der Waals surface area contributed by atoms with Crippen molar-refractivity contribution < 1.29 is 0 Å². The quantitative estimate of drug-likeness (QED) is 0.879. The van der Waals surface area contributed by atoms with Crippen molar-refractivity contribution in [3.63, 3.8) is 0 Å². The second-order valence-electron chi connectivity index (χ2n) is 4.93. The maximum atomic E-state index is 11.4. The molecule has 3 nitrogen and oxygen atoms in total. The first-order valence-electron chi connectivity index (χ1n) is 6.17. The van der Waals surface area contributed by atoms with Crippen LogP contribution in [0.1, 0.15) is 36.5 Å². The number of hydrogen-bond acceptors (Lipinski definition) is 2. The van der Waals surface area contributed by atoms with Crippen molar-refractivity contribution in [2.24, 2.45) is 0 Å². The summed E-state index contributed by atoms with van der Waals surface area (Å²) in [6, 6.07) is 8.34. The number of rotatable bonds is 2. The van der Waals surface area contributed by atoms with E-state index in [-0.39, 0.29) is 5.56 Å². The third-order valence-electron chi connectivity index (χ3n) is 3.38. The van der Waals surface area contributed by atoms with Gasteiger partial charge in [0, 0.05) is 11.1 Å². The molecule has 0 radical (unpaired) electrons. The Morgan fingerprint density at radius 3 is 2.22 bits per heavy atom. The van der Waals surface area contributed by atoms with Crippen LogP contribution in [0.25, 0.3) is 11.3 Å². The van der Waals surface area contributed by atoms with E-state index in [0.29, 0.717) is 5.92 Å². The number of H-pyrrole nitrogens is 1. The van der Waals surface area contributed by atoms with Gasteiger partial charge in [0.1, 0.15) is 0 Å². The molecule has 0 unspecified atom stereocenters. The van der Waals surface area contributed by atoms with Crippen molar-refractivity contribution in [1.29, 1.82) is 0 Å². The number of hydrogen-bond donors (Lipinski definition) is 1. The van der Waals surface area contributed by atoms with Crippen LogP contribution in [-0.4, -0.2) is 10.2 Å². The van der Waals surface area contributed by atoms with Crippen molar-refractivity contribution in [1.82, 2.24) is 10.2 Å². The normalized spacial score (nSPS) is 10.9. The van der Waals surface area contributed by atoms with Gasteiger partial charge in [-0.1, -0.05) is 38.1 Å². The second-order valence-corrected chi connectivity index (χ2v) is 4.93. The first-order chi connectivity index (χ1) is 8.50. The van der Waals surface area contributed by atoms with Crippen LogP contribution in [0.2, 0.25) is 0 Å². The highest BCUT2D eigenvalue weighted by atomic mass is 16.1. The van der Waals surface area contributed by atoms with E-state index in [9.17, 15) is 4.79 Å². The number of aromatic nitrogens is 2. The second kappa shape index (κ2) is 4.77. The summed E-state index contributed by atoms with van der Waals surface area (Å²) in [5.74, 6) is 0.519. The molecule has 94 valence electrons. The summed E-state index contributed by atoms with van der Waals surface area (Å²) >= 11 is 0. The number of nitrogens with zero attached hydrogens (tertiary/aromatic N) is 1. The van der Waals surface area contributed by atoms with Gasteiger partial charge in [0.2, 0.25) is 0 Å². The largest absolute Gasteiger partial charge is 0.268 e.